The second kappa shape index (κ2) is 7.40. The van der Waals surface area contributed by atoms with Gasteiger partial charge >= 0.3 is 0 Å². The molecule has 4 rings (SSSR count). The summed E-state index contributed by atoms with van der Waals surface area (Å²) in [6.07, 6.45) is 4.94. The fourth-order valence-electron chi connectivity index (χ4n) is 4.13. The van der Waals surface area contributed by atoms with Crippen LogP contribution in [0.25, 0.3) is 0 Å². The van der Waals surface area contributed by atoms with E-state index in [-0.39, 0.29) is 5.41 Å². The highest BCUT2D eigenvalue weighted by Crippen LogP contribution is 2.64. The van der Waals surface area contributed by atoms with Crippen LogP contribution in [-0.2, 0) is 10.2 Å². The molecule has 1 heterocycles. The molecule has 128 valence electrons. The Morgan fingerprint density at radius 2 is 1.23 bits per heavy atom. The maximum absolute atomic E-state index is 11.6. The van der Waals surface area contributed by atoms with Crippen molar-refractivity contribution in [2.75, 3.05) is 6.16 Å². The summed E-state index contributed by atoms with van der Waals surface area (Å²) in [7, 11) is -0.515. The highest BCUT2D eigenvalue weighted by Gasteiger charge is 2.46. The summed E-state index contributed by atoms with van der Waals surface area (Å²) in [6.45, 7) is 0. The number of hydrogen-bond donors (Lipinski definition) is 0. The minimum atomic E-state index is -0.515. The van der Waals surface area contributed by atoms with Crippen molar-refractivity contribution in [3.05, 3.63) is 114 Å². The molecule has 0 aliphatic carbocycles. The zero-order valence-corrected chi connectivity index (χ0v) is 15.5. The zero-order chi connectivity index (χ0) is 17.8. The molecular formula is C24H21OP. The lowest BCUT2D eigenvalue weighted by molar-refractivity contribution is -0.104. The van der Waals surface area contributed by atoms with Crippen molar-refractivity contribution in [1.29, 1.82) is 0 Å². The Labute approximate surface area is 156 Å². The normalized spacial score (nSPS) is 20.2. The molecule has 0 aromatic heterocycles. The van der Waals surface area contributed by atoms with Gasteiger partial charge in [-0.1, -0.05) is 91.0 Å². The molecule has 1 fully saturated rings. The number of carbonyl (C=O) groups is 1. The number of allylic oxidation sites excluding steroid dienone is 2. The van der Waals surface area contributed by atoms with E-state index in [2.05, 4.69) is 91.0 Å². The lowest BCUT2D eigenvalue weighted by Gasteiger charge is -2.33. The van der Waals surface area contributed by atoms with E-state index >= 15 is 0 Å². The van der Waals surface area contributed by atoms with Gasteiger partial charge in [-0.15, -0.1) is 0 Å². The van der Waals surface area contributed by atoms with Crippen molar-refractivity contribution in [3.8, 4) is 0 Å². The lowest BCUT2D eigenvalue weighted by Crippen LogP contribution is -2.26. The van der Waals surface area contributed by atoms with Crippen molar-refractivity contribution >= 4 is 19.5 Å². The number of rotatable bonds is 4. The van der Waals surface area contributed by atoms with E-state index in [1.54, 1.807) is 0 Å². The van der Waals surface area contributed by atoms with Crippen LogP contribution in [0, 0.1) is 0 Å². The number of benzene rings is 3. The van der Waals surface area contributed by atoms with Crippen LogP contribution in [0.1, 0.15) is 17.5 Å². The summed E-state index contributed by atoms with van der Waals surface area (Å²) in [6, 6.07) is 32.0. The van der Waals surface area contributed by atoms with Gasteiger partial charge in [-0.25, -0.2) is 0 Å². The summed E-state index contributed by atoms with van der Waals surface area (Å²) in [5.41, 5.74) is 2.34. The highest BCUT2D eigenvalue weighted by atomic mass is 31.1. The van der Waals surface area contributed by atoms with Crippen LogP contribution in [-0.4, -0.2) is 12.4 Å². The van der Waals surface area contributed by atoms with E-state index < -0.39 is 7.92 Å². The molecule has 1 aliphatic heterocycles. The van der Waals surface area contributed by atoms with Crippen molar-refractivity contribution in [2.24, 2.45) is 0 Å². The maximum Gasteiger partial charge on any atom is 0.143 e. The van der Waals surface area contributed by atoms with E-state index in [4.69, 9.17) is 0 Å². The van der Waals surface area contributed by atoms with Crippen LogP contribution in [0.5, 0.6) is 0 Å². The van der Waals surface area contributed by atoms with Gasteiger partial charge in [-0.2, -0.15) is 0 Å². The van der Waals surface area contributed by atoms with Crippen molar-refractivity contribution < 1.29 is 4.79 Å². The van der Waals surface area contributed by atoms with Gasteiger partial charge in [0.1, 0.15) is 6.29 Å². The van der Waals surface area contributed by atoms with Crippen molar-refractivity contribution in [2.45, 2.75) is 11.8 Å². The molecule has 2 heteroatoms. The largest absolute Gasteiger partial charge is 0.299 e. The van der Waals surface area contributed by atoms with Crippen LogP contribution < -0.4 is 5.30 Å². The second-order valence-corrected chi connectivity index (χ2v) is 8.86. The van der Waals surface area contributed by atoms with Gasteiger partial charge in [0.15, 0.2) is 0 Å². The van der Waals surface area contributed by atoms with Gasteiger partial charge in [0.25, 0.3) is 0 Å². The summed E-state index contributed by atoms with van der Waals surface area (Å²) >= 11 is 0. The SMILES string of the molecule is O=CC=C1P(c2ccccc2)CCC1(c1ccccc1)c1ccccc1. The van der Waals surface area contributed by atoms with Crippen LogP contribution in [0.2, 0.25) is 0 Å². The Morgan fingerprint density at radius 1 is 0.731 bits per heavy atom. The predicted octanol–water partition coefficient (Wildman–Crippen LogP) is 5.27. The standard InChI is InChI=1S/C24H21OP/c25-18-16-23-24(20-10-4-1-5-11-20,21-12-6-2-7-13-21)17-19-26(23)22-14-8-3-9-15-22/h1-16,18H,17,19H2. The molecular weight excluding hydrogens is 335 g/mol. The molecule has 0 saturated carbocycles. The molecule has 1 unspecified atom stereocenters. The van der Waals surface area contributed by atoms with E-state index in [1.165, 1.54) is 21.7 Å². The molecule has 1 atom stereocenters. The maximum atomic E-state index is 11.6. The fourth-order valence-corrected chi connectivity index (χ4v) is 7.07. The predicted molar refractivity (Wildman–Crippen MR) is 110 cm³/mol. The third-order valence-corrected chi connectivity index (χ3v) is 7.97. The summed E-state index contributed by atoms with van der Waals surface area (Å²) in [5, 5.41) is 2.62. The van der Waals surface area contributed by atoms with Gasteiger partial charge < -0.3 is 0 Å². The lowest BCUT2D eigenvalue weighted by atomic mass is 9.72. The first-order valence-corrected chi connectivity index (χ1v) is 10.5. The van der Waals surface area contributed by atoms with Crippen LogP contribution in [0.15, 0.2) is 102 Å². The monoisotopic (exact) mass is 356 g/mol. The third-order valence-electron chi connectivity index (χ3n) is 5.27. The molecule has 1 saturated heterocycles. The second-order valence-electron chi connectivity index (χ2n) is 6.56. The minimum absolute atomic E-state index is 0.217. The smallest absolute Gasteiger partial charge is 0.143 e. The van der Waals surface area contributed by atoms with E-state index in [1.807, 2.05) is 6.08 Å². The molecule has 1 aliphatic rings. The van der Waals surface area contributed by atoms with E-state index in [0.717, 1.165) is 18.9 Å². The quantitative estimate of drug-likeness (QED) is 0.354. The molecule has 0 N–H and O–H groups in total. The highest BCUT2D eigenvalue weighted by molar-refractivity contribution is 7.70. The zero-order valence-electron chi connectivity index (χ0n) is 14.6. The minimum Gasteiger partial charge on any atom is -0.299 e. The first-order chi connectivity index (χ1) is 12.9. The molecule has 0 spiro atoms. The Kier molecular flexibility index (Phi) is 4.82. The van der Waals surface area contributed by atoms with Gasteiger partial charge in [0.05, 0.1) is 0 Å². The average molecular weight is 356 g/mol. The Morgan fingerprint density at radius 3 is 1.73 bits per heavy atom. The Bertz CT molecular complexity index is 861. The summed E-state index contributed by atoms with van der Waals surface area (Å²) in [4.78, 5) is 11.6. The van der Waals surface area contributed by atoms with Crippen molar-refractivity contribution in [1.82, 2.24) is 0 Å². The number of hydrogen-bond acceptors (Lipinski definition) is 1. The van der Waals surface area contributed by atoms with Gasteiger partial charge in [0, 0.05) is 5.41 Å². The average Bonchev–Trinajstić information content (AvgIpc) is 3.10. The third kappa shape index (κ3) is 2.83. The molecule has 0 radical (unpaired) electrons. The fraction of sp³-hybridized carbons (Fsp3) is 0.125. The molecule has 0 bridgehead atoms. The first-order valence-electron chi connectivity index (χ1n) is 8.96. The first kappa shape index (κ1) is 16.9. The summed E-state index contributed by atoms with van der Waals surface area (Å²) in [5.74, 6) is 0. The molecule has 3 aromatic carbocycles. The van der Waals surface area contributed by atoms with Gasteiger partial charge in [-0.05, 0) is 48.3 Å². The topological polar surface area (TPSA) is 17.1 Å². The van der Waals surface area contributed by atoms with Gasteiger partial charge in [-0.3, -0.25) is 4.79 Å². The van der Waals surface area contributed by atoms with Crippen molar-refractivity contribution in [3.63, 3.8) is 0 Å². The molecule has 26 heavy (non-hydrogen) atoms. The summed E-state index contributed by atoms with van der Waals surface area (Å²) < 4.78 is 0. The van der Waals surface area contributed by atoms with Crippen LogP contribution >= 0.6 is 7.92 Å². The molecule has 0 amide bonds. The Hall–Kier alpha value is -2.50. The molecule has 3 aromatic rings. The molecule has 1 nitrogen and oxygen atoms in total. The van der Waals surface area contributed by atoms with Crippen LogP contribution in [0.4, 0.5) is 0 Å². The van der Waals surface area contributed by atoms with Crippen LogP contribution in [0.3, 0.4) is 0 Å². The van der Waals surface area contributed by atoms with E-state index in [0.29, 0.717) is 0 Å². The number of aldehydes is 1. The van der Waals surface area contributed by atoms with E-state index in [9.17, 15) is 4.79 Å². The number of carbonyl (C=O) groups excluding carboxylic acids is 1. The Balaban J connectivity index is 1.94. The van der Waals surface area contributed by atoms with Gasteiger partial charge in [0.2, 0.25) is 0 Å².